The number of amides is 2. The van der Waals surface area contributed by atoms with Crippen LogP contribution in [0.1, 0.15) is 63.5 Å². The SMILES string of the molecule is CCN(C(=O)Cc1cc(C)ccc1OC)C1CN(C(C)=O)C2(CCCCC2)C1. The Hall–Kier alpha value is -2.04. The highest BCUT2D eigenvalue weighted by molar-refractivity contribution is 5.80. The number of carbonyl (C=O) groups is 2. The number of nitrogens with zero attached hydrogens (tertiary/aromatic N) is 2. The quantitative estimate of drug-likeness (QED) is 0.775. The zero-order valence-electron chi connectivity index (χ0n) is 17.8. The summed E-state index contributed by atoms with van der Waals surface area (Å²) in [5.41, 5.74) is 2.01. The lowest BCUT2D eigenvalue weighted by Gasteiger charge is -2.41. The second-order valence-corrected chi connectivity index (χ2v) is 8.44. The van der Waals surface area contributed by atoms with Crippen LogP contribution in [0.15, 0.2) is 18.2 Å². The molecule has 1 saturated carbocycles. The molecular formula is C23H34N2O3. The van der Waals surface area contributed by atoms with E-state index in [4.69, 9.17) is 4.74 Å². The lowest BCUT2D eigenvalue weighted by Crippen LogP contribution is -2.47. The smallest absolute Gasteiger partial charge is 0.227 e. The minimum absolute atomic E-state index is 0.0382. The zero-order chi connectivity index (χ0) is 20.3. The summed E-state index contributed by atoms with van der Waals surface area (Å²) in [5.74, 6) is 1.02. The molecule has 2 aliphatic rings. The van der Waals surface area contributed by atoms with Gasteiger partial charge in [0.05, 0.1) is 19.6 Å². The first-order valence-corrected chi connectivity index (χ1v) is 10.6. The minimum Gasteiger partial charge on any atom is -0.496 e. The normalized spacial score (nSPS) is 21.0. The summed E-state index contributed by atoms with van der Waals surface area (Å²) in [6.45, 7) is 7.07. The van der Waals surface area contributed by atoms with E-state index in [1.807, 2.05) is 36.9 Å². The summed E-state index contributed by atoms with van der Waals surface area (Å²) >= 11 is 0. The van der Waals surface area contributed by atoms with Crippen LogP contribution in [0, 0.1) is 6.92 Å². The van der Waals surface area contributed by atoms with E-state index in [0.717, 1.165) is 36.1 Å². The van der Waals surface area contributed by atoms with E-state index in [2.05, 4.69) is 4.90 Å². The van der Waals surface area contributed by atoms with Crippen LogP contribution in [0.3, 0.4) is 0 Å². The van der Waals surface area contributed by atoms with E-state index >= 15 is 0 Å². The van der Waals surface area contributed by atoms with Crippen LogP contribution < -0.4 is 4.74 Å². The Kier molecular flexibility index (Phi) is 6.31. The fraction of sp³-hybridized carbons (Fsp3) is 0.652. The van der Waals surface area contributed by atoms with Crippen LogP contribution >= 0.6 is 0 Å². The number of hydrogen-bond donors (Lipinski definition) is 0. The third-order valence-electron chi connectivity index (χ3n) is 6.63. The van der Waals surface area contributed by atoms with E-state index in [0.29, 0.717) is 19.5 Å². The Morgan fingerprint density at radius 3 is 2.57 bits per heavy atom. The van der Waals surface area contributed by atoms with E-state index in [1.165, 1.54) is 19.3 Å². The molecule has 1 aliphatic carbocycles. The molecule has 5 heteroatoms. The average molecular weight is 387 g/mol. The van der Waals surface area contributed by atoms with Crippen molar-refractivity contribution in [2.75, 3.05) is 20.2 Å². The second kappa shape index (κ2) is 8.54. The van der Waals surface area contributed by atoms with Crippen molar-refractivity contribution in [2.24, 2.45) is 0 Å². The van der Waals surface area contributed by atoms with Gasteiger partial charge in [0.25, 0.3) is 0 Å². The van der Waals surface area contributed by atoms with E-state index in [9.17, 15) is 9.59 Å². The van der Waals surface area contributed by atoms with Crippen molar-refractivity contribution in [1.82, 2.24) is 9.80 Å². The third kappa shape index (κ3) is 4.03. The largest absolute Gasteiger partial charge is 0.496 e. The summed E-state index contributed by atoms with van der Waals surface area (Å²) in [6, 6.07) is 6.07. The molecule has 0 aromatic heterocycles. The second-order valence-electron chi connectivity index (χ2n) is 8.44. The number of ether oxygens (including phenoxy) is 1. The first-order chi connectivity index (χ1) is 13.4. The number of benzene rings is 1. The number of likely N-dealkylation sites (N-methyl/N-ethyl adjacent to an activating group) is 1. The molecule has 1 aromatic carbocycles. The maximum absolute atomic E-state index is 13.2. The number of methoxy groups -OCH3 is 1. The van der Waals surface area contributed by atoms with Gasteiger partial charge in [0.1, 0.15) is 5.75 Å². The topological polar surface area (TPSA) is 49.9 Å². The highest BCUT2D eigenvalue weighted by atomic mass is 16.5. The molecular weight excluding hydrogens is 352 g/mol. The van der Waals surface area contributed by atoms with Crippen LogP contribution in [-0.2, 0) is 16.0 Å². The van der Waals surface area contributed by atoms with Gasteiger partial charge in [-0.1, -0.05) is 37.0 Å². The molecule has 5 nitrogen and oxygen atoms in total. The Morgan fingerprint density at radius 1 is 1.25 bits per heavy atom. The molecule has 1 saturated heterocycles. The van der Waals surface area contributed by atoms with Gasteiger partial charge in [0.2, 0.25) is 11.8 Å². The Morgan fingerprint density at radius 2 is 1.96 bits per heavy atom. The molecule has 2 fully saturated rings. The molecule has 2 amide bonds. The summed E-state index contributed by atoms with van der Waals surface area (Å²) in [7, 11) is 1.64. The van der Waals surface area contributed by atoms with E-state index in [-0.39, 0.29) is 23.4 Å². The molecule has 3 rings (SSSR count). The lowest BCUT2D eigenvalue weighted by molar-refractivity contribution is -0.135. The number of aryl methyl sites for hydroxylation is 1. The van der Waals surface area contributed by atoms with Crippen molar-refractivity contribution in [3.8, 4) is 5.75 Å². The molecule has 1 heterocycles. The summed E-state index contributed by atoms with van der Waals surface area (Å²) < 4.78 is 5.46. The molecule has 1 unspecified atom stereocenters. The van der Waals surface area contributed by atoms with Crippen molar-refractivity contribution >= 4 is 11.8 Å². The third-order valence-corrected chi connectivity index (χ3v) is 6.63. The van der Waals surface area contributed by atoms with Gasteiger partial charge >= 0.3 is 0 Å². The van der Waals surface area contributed by atoms with Gasteiger partial charge in [-0.2, -0.15) is 0 Å². The summed E-state index contributed by atoms with van der Waals surface area (Å²) in [6.07, 6.45) is 7.00. The molecule has 0 bridgehead atoms. The molecule has 0 radical (unpaired) electrons. The lowest BCUT2D eigenvalue weighted by atomic mass is 9.79. The van der Waals surface area contributed by atoms with Gasteiger partial charge in [0.15, 0.2) is 0 Å². The number of rotatable bonds is 5. The fourth-order valence-corrected chi connectivity index (χ4v) is 5.32. The molecule has 1 spiro atoms. The van der Waals surface area contributed by atoms with Crippen LogP contribution in [0.25, 0.3) is 0 Å². The van der Waals surface area contributed by atoms with Gasteiger partial charge in [-0.25, -0.2) is 0 Å². The highest BCUT2D eigenvalue weighted by Crippen LogP contribution is 2.43. The van der Waals surface area contributed by atoms with Crippen molar-refractivity contribution in [3.05, 3.63) is 29.3 Å². The van der Waals surface area contributed by atoms with Crippen LogP contribution in [-0.4, -0.2) is 53.4 Å². The predicted molar refractivity (Wildman–Crippen MR) is 110 cm³/mol. The fourth-order valence-electron chi connectivity index (χ4n) is 5.32. The van der Waals surface area contributed by atoms with Gasteiger partial charge in [-0.3, -0.25) is 9.59 Å². The molecule has 1 aliphatic heterocycles. The van der Waals surface area contributed by atoms with Crippen molar-refractivity contribution in [1.29, 1.82) is 0 Å². The Balaban J connectivity index is 1.78. The van der Waals surface area contributed by atoms with E-state index < -0.39 is 0 Å². The van der Waals surface area contributed by atoms with Crippen molar-refractivity contribution in [2.45, 2.75) is 77.3 Å². The first-order valence-electron chi connectivity index (χ1n) is 10.6. The van der Waals surface area contributed by atoms with Gasteiger partial charge < -0.3 is 14.5 Å². The monoisotopic (exact) mass is 386 g/mol. The van der Waals surface area contributed by atoms with Gasteiger partial charge in [-0.05, 0) is 39.2 Å². The summed E-state index contributed by atoms with van der Waals surface area (Å²) in [4.78, 5) is 29.6. The molecule has 0 N–H and O–H groups in total. The number of hydrogen-bond acceptors (Lipinski definition) is 3. The Bertz CT molecular complexity index is 725. The minimum atomic E-state index is -0.0382. The Labute approximate surface area is 169 Å². The first kappa shape index (κ1) is 20.7. The average Bonchev–Trinajstić information content (AvgIpc) is 3.01. The van der Waals surface area contributed by atoms with Gasteiger partial charge in [-0.15, -0.1) is 0 Å². The highest BCUT2D eigenvalue weighted by Gasteiger charge is 2.49. The molecule has 1 aromatic rings. The van der Waals surface area contributed by atoms with Crippen LogP contribution in [0.5, 0.6) is 5.75 Å². The van der Waals surface area contributed by atoms with Crippen molar-refractivity contribution < 1.29 is 14.3 Å². The maximum Gasteiger partial charge on any atom is 0.227 e. The predicted octanol–water partition coefficient (Wildman–Crippen LogP) is 3.72. The maximum atomic E-state index is 13.2. The molecule has 1 atom stereocenters. The van der Waals surface area contributed by atoms with Crippen LogP contribution in [0.4, 0.5) is 0 Å². The standard InChI is InChI=1S/C23H34N2O3/c1-5-24(22(27)14-19-13-17(2)9-10-21(19)28-4)20-15-23(11-7-6-8-12-23)25(16-20)18(3)26/h9-10,13,20H,5-8,11-12,14-16H2,1-4H3. The number of carbonyl (C=O) groups excluding carboxylic acids is 2. The van der Waals surface area contributed by atoms with E-state index in [1.54, 1.807) is 14.0 Å². The van der Waals surface area contributed by atoms with Crippen molar-refractivity contribution in [3.63, 3.8) is 0 Å². The zero-order valence-corrected chi connectivity index (χ0v) is 17.8. The van der Waals surface area contributed by atoms with Crippen LogP contribution in [0.2, 0.25) is 0 Å². The molecule has 28 heavy (non-hydrogen) atoms. The number of likely N-dealkylation sites (tertiary alicyclic amines) is 1. The summed E-state index contributed by atoms with van der Waals surface area (Å²) in [5, 5.41) is 0. The van der Waals surface area contributed by atoms with Gasteiger partial charge in [0, 0.05) is 31.1 Å². The molecule has 154 valence electrons.